The van der Waals surface area contributed by atoms with E-state index in [1.165, 1.54) is 0 Å². The van der Waals surface area contributed by atoms with Crippen molar-refractivity contribution in [1.82, 2.24) is 15.5 Å². The highest BCUT2D eigenvalue weighted by Crippen LogP contribution is 2.55. The Labute approximate surface area is 194 Å². The van der Waals surface area contributed by atoms with E-state index < -0.39 is 78.7 Å². The molecular weight excluding hydrogens is 495 g/mol. The molecule has 0 aromatic rings. The first-order valence-corrected chi connectivity index (χ1v) is 10.9. The van der Waals surface area contributed by atoms with Gasteiger partial charge in [0, 0.05) is 19.0 Å². The van der Waals surface area contributed by atoms with E-state index >= 15 is 0 Å². The van der Waals surface area contributed by atoms with Gasteiger partial charge in [0.05, 0.1) is 12.5 Å². The minimum atomic E-state index is -5.13. The van der Waals surface area contributed by atoms with E-state index in [-0.39, 0.29) is 32.4 Å². The molecule has 1 unspecified atom stereocenters. The quantitative estimate of drug-likeness (QED) is 0.429. The molecule has 3 aliphatic rings. The highest BCUT2D eigenvalue weighted by molar-refractivity contribution is 5.94. The maximum Gasteiger partial charge on any atom is 0.522 e. The SMILES string of the molecule is O=C(COC(F)(F)F)C(C[C@@H]1CCNC1=O)NC(=O)[C@@H]1CC2(CC2)CN1C(=O)CC(F)(F)C(F)F. The first kappa shape index (κ1) is 27.1. The molecule has 198 valence electrons. The molecule has 0 bridgehead atoms. The van der Waals surface area contributed by atoms with Crippen molar-refractivity contribution < 1.29 is 54.6 Å². The second kappa shape index (κ2) is 9.90. The highest BCUT2D eigenvalue weighted by Gasteiger charge is 2.56. The summed E-state index contributed by atoms with van der Waals surface area (Å²) in [6.45, 7) is -1.30. The predicted octanol–water partition coefficient (Wildman–Crippen LogP) is 1.77. The van der Waals surface area contributed by atoms with Gasteiger partial charge in [0.1, 0.15) is 12.6 Å². The molecule has 15 heteroatoms. The molecule has 0 aromatic carbocycles. The topological polar surface area (TPSA) is 105 Å². The Balaban J connectivity index is 1.73. The monoisotopic (exact) mass is 519 g/mol. The van der Waals surface area contributed by atoms with Gasteiger partial charge in [-0.15, -0.1) is 13.2 Å². The number of halogens is 7. The van der Waals surface area contributed by atoms with Crippen LogP contribution in [0.4, 0.5) is 30.7 Å². The molecule has 2 N–H and O–H groups in total. The largest absolute Gasteiger partial charge is 0.522 e. The number of Topliss-reactive ketones (excluding diaryl/α,β-unsaturated/α-hetero) is 1. The lowest BCUT2D eigenvalue weighted by Crippen LogP contribution is -2.53. The fourth-order valence-electron chi connectivity index (χ4n) is 4.42. The zero-order chi connectivity index (χ0) is 26.2. The highest BCUT2D eigenvalue weighted by atomic mass is 19.4. The van der Waals surface area contributed by atoms with E-state index in [9.17, 15) is 49.9 Å². The van der Waals surface area contributed by atoms with Gasteiger partial charge in [-0.2, -0.15) is 8.78 Å². The van der Waals surface area contributed by atoms with Crippen molar-refractivity contribution in [2.45, 2.75) is 69.3 Å². The maximum absolute atomic E-state index is 13.5. The van der Waals surface area contributed by atoms with Crippen LogP contribution in [0.2, 0.25) is 0 Å². The van der Waals surface area contributed by atoms with E-state index in [4.69, 9.17) is 0 Å². The van der Waals surface area contributed by atoms with Crippen LogP contribution in [0.15, 0.2) is 0 Å². The van der Waals surface area contributed by atoms with Crippen LogP contribution in [0, 0.1) is 11.3 Å². The number of ketones is 1. The van der Waals surface area contributed by atoms with Crippen molar-refractivity contribution >= 4 is 23.5 Å². The lowest BCUT2D eigenvalue weighted by Gasteiger charge is -2.28. The number of carbonyl (C=O) groups excluding carboxylic acids is 4. The third kappa shape index (κ3) is 6.82. The predicted molar refractivity (Wildman–Crippen MR) is 102 cm³/mol. The molecule has 2 aliphatic heterocycles. The smallest absolute Gasteiger partial charge is 0.356 e. The number of likely N-dealkylation sites (tertiary alicyclic amines) is 1. The molecule has 1 aliphatic carbocycles. The van der Waals surface area contributed by atoms with Gasteiger partial charge < -0.3 is 15.5 Å². The number of amides is 3. The number of carbonyl (C=O) groups is 4. The second-order valence-corrected chi connectivity index (χ2v) is 9.25. The normalized spacial score (nSPS) is 24.6. The Morgan fingerprint density at radius 2 is 1.83 bits per heavy atom. The summed E-state index contributed by atoms with van der Waals surface area (Å²) in [5, 5.41) is 4.72. The van der Waals surface area contributed by atoms with Crippen LogP contribution in [0.5, 0.6) is 0 Å². The van der Waals surface area contributed by atoms with Crippen molar-refractivity contribution in [3.05, 3.63) is 0 Å². The summed E-state index contributed by atoms with van der Waals surface area (Å²) in [5.41, 5.74) is -0.540. The third-order valence-electron chi connectivity index (χ3n) is 6.56. The van der Waals surface area contributed by atoms with Gasteiger partial charge in [0.2, 0.25) is 17.7 Å². The van der Waals surface area contributed by atoms with Crippen LogP contribution in [0.25, 0.3) is 0 Å². The van der Waals surface area contributed by atoms with Crippen molar-refractivity contribution in [3.63, 3.8) is 0 Å². The molecule has 3 fully saturated rings. The Morgan fingerprint density at radius 3 is 2.34 bits per heavy atom. The van der Waals surface area contributed by atoms with Crippen molar-refractivity contribution in [3.8, 4) is 0 Å². The molecule has 2 saturated heterocycles. The van der Waals surface area contributed by atoms with Gasteiger partial charge in [0.15, 0.2) is 5.78 Å². The minimum absolute atomic E-state index is 0.0225. The van der Waals surface area contributed by atoms with Crippen LogP contribution in [-0.4, -0.2) is 78.9 Å². The van der Waals surface area contributed by atoms with Crippen LogP contribution in [-0.2, 0) is 23.9 Å². The lowest BCUT2D eigenvalue weighted by molar-refractivity contribution is -0.321. The number of rotatable bonds is 10. The fourth-order valence-corrected chi connectivity index (χ4v) is 4.42. The summed E-state index contributed by atoms with van der Waals surface area (Å²) >= 11 is 0. The van der Waals surface area contributed by atoms with Crippen LogP contribution < -0.4 is 10.6 Å². The average Bonchev–Trinajstić information content (AvgIpc) is 3.19. The Morgan fingerprint density at radius 1 is 1.17 bits per heavy atom. The molecule has 3 atom stereocenters. The number of nitrogens with zero attached hydrogens (tertiary/aromatic N) is 1. The molecule has 8 nitrogen and oxygen atoms in total. The van der Waals surface area contributed by atoms with Gasteiger partial charge in [-0.05, 0) is 37.5 Å². The van der Waals surface area contributed by atoms with Gasteiger partial charge in [-0.1, -0.05) is 0 Å². The van der Waals surface area contributed by atoms with Crippen molar-refractivity contribution in [2.75, 3.05) is 19.7 Å². The van der Waals surface area contributed by atoms with E-state index in [0.29, 0.717) is 12.8 Å². The van der Waals surface area contributed by atoms with Crippen molar-refractivity contribution in [1.29, 1.82) is 0 Å². The average molecular weight is 519 g/mol. The van der Waals surface area contributed by atoms with E-state index in [0.717, 1.165) is 4.90 Å². The Bertz CT molecular complexity index is 863. The fraction of sp³-hybridized carbons (Fsp3) is 0.800. The van der Waals surface area contributed by atoms with Crippen LogP contribution >= 0.6 is 0 Å². The Kier molecular flexibility index (Phi) is 7.67. The molecule has 1 spiro atoms. The summed E-state index contributed by atoms with van der Waals surface area (Å²) in [4.78, 5) is 50.5. The summed E-state index contributed by atoms with van der Waals surface area (Å²) in [5.74, 6) is -9.42. The number of hydrogen-bond acceptors (Lipinski definition) is 5. The zero-order valence-electron chi connectivity index (χ0n) is 18.3. The molecule has 0 radical (unpaired) electrons. The molecule has 3 amide bonds. The van der Waals surface area contributed by atoms with Gasteiger partial charge >= 0.3 is 18.7 Å². The minimum Gasteiger partial charge on any atom is -0.356 e. The summed E-state index contributed by atoms with van der Waals surface area (Å²) in [6.07, 6.45) is -9.97. The molecule has 35 heavy (non-hydrogen) atoms. The van der Waals surface area contributed by atoms with Gasteiger partial charge in [-0.25, -0.2) is 8.78 Å². The van der Waals surface area contributed by atoms with Gasteiger partial charge in [0.25, 0.3) is 0 Å². The molecule has 3 rings (SSSR count). The summed E-state index contributed by atoms with van der Waals surface area (Å²) in [7, 11) is 0. The summed E-state index contributed by atoms with van der Waals surface area (Å²) in [6, 6.07) is -2.97. The molecule has 2 heterocycles. The lowest BCUT2D eigenvalue weighted by atomic mass is 9.95. The van der Waals surface area contributed by atoms with E-state index in [2.05, 4.69) is 15.4 Å². The molecule has 1 saturated carbocycles. The molecule has 0 aromatic heterocycles. The number of hydrogen-bond donors (Lipinski definition) is 2. The van der Waals surface area contributed by atoms with Crippen LogP contribution in [0.3, 0.4) is 0 Å². The standard InChI is InChI=1S/C20H24F7N3O5/c21-17(22)19(23,24)7-14(32)30-9-18(2-3-18)6-12(30)16(34)29-11(5-10-1-4-28-15(10)33)13(31)8-35-20(25,26)27/h10-12,17H,1-9H2,(H,28,33)(H,29,34)/t10-,11?,12-/m0/s1. The first-order valence-electron chi connectivity index (χ1n) is 10.9. The zero-order valence-corrected chi connectivity index (χ0v) is 18.3. The number of ether oxygens (including phenoxy) is 1. The number of nitrogens with one attached hydrogen (secondary N) is 2. The Hall–Kier alpha value is -2.45. The van der Waals surface area contributed by atoms with Crippen LogP contribution in [0.1, 0.15) is 38.5 Å². The maximum atomic E-state index is 13.5. The van der Waals surface area contributed by atoms with Crippen molar-refractivity contribution in [2.24, 2.45) is 11.3 Å². The second-order valence-electron chi connectivity index (χ2n) is 9.25. The summed E-state index contributed by atoms with van der Waals surface area (Å²) < 4.78 is 92.8. The molecular formula is C20H24F7N3O5. The first-order chi connectivity index (χ1) is 16.1. The van der Waals surface area contributed by atoms with Gasteiger partial charge in [-0.3, -0.25) is 23.9 Å². The van der Waals surface area contributed by atoms with E-state index in [1.807, 2.05) is 0 Å². The third-order valence-corrected chi connectivity index (χ3v) is 6.56. The van der Waals surface area contributed by atoms with E-state index in [1.54, 1.807) is 0 Å². The number of alkyl halides is 7.